The molecule has 29 heavy (non-hydrogen) atoms. The van der Waals surface area contributed by atoms with E-state index in [0.29, 0.717) is 17.6 Å². The van der Waals surface area contributed by atoms with Crippen LogP contribution in [-0.2, 0) is 9.59 Å². The molecule has 1 aromatic carbocycles. The van der Waals surface area contributed by atoms with E-state index in [2.05, 4.69) is 27.8 Å². The van der Waals surface area contributed by atoms with Crippen molar-refractivity contribution in [3.8, 4) is 0 Å². The van der Waals surface area contributed by atoms with Gasteiger partial charge < -0.3 is 10.6 Å². The Balaban J connectivity index is 1.63. The Bertz CT molecular complexity index is 1090. The third-order valence-electron chi connectivity index (χ3n) is 4.90. The number of fused-ring (bicyclic) bond motifs is 1. The minimum atomic E-state index is -0.137. The monoisotopic (exact) mass is 401 g/mol. The van der Waals surface area contributed by atoms with Gasteiger partial charge in [-0.3, -0.25) is 9.59 Å². The average molecular weight is 401 g/mol. The zero-order valence-electron chi connectivity index (χ0n) is 15.5. The second kappa shape index (κ2) is 8.32. The van der Waals surface area contributed by atoms with Gasteiger partial charge in [-0.15, -0.1) is 0 Å². The first kappa shape index (κ1) is 19.0. The van der Waals surface area contributed by atoms with Crippen molar-refractivity contribution in [2.45, 2.75) is 12.6 Å². The van der Waals surface area contributed by atoms with Gasteiger partial charge in [-0.25, -0.2) is 4.40 Å². The molecule has 3 aliphatic rings. The van der Waals surface area contributed by atoms with E-state index in [1.54, 1.807) is 18.4 Å². The van der Waals surface area contributed by atoms with Gasteiger partial charge in [0.1, 0.15) is 12.5 Å². The molecule has 2 aliphatic heterocycles. The molecule has 6 heteroatoms. The third kappa shape index (κ3) is 3.93. The molecule has 5 nitrogen and oxygen atoms in total. The molecular weight excluding hydrogens is 382 g/mol. The fourth-order valence-corrected chi connectivity index (χ4v) is 3.61. The summed E-state index contributed by atoms with van der Waals surface area (Å²) in [5.41, 5.74) is 5.77. The van der Waals surface area contributed by atoms with Gasteiger partial charge in [0.15, 0.2) is 5.78 Å². The Morgan fingerprint density at radius 2 is 2.07 bits per heavy atom. The smallest absolute Gasteiger partial charge is 0.194 e. The maximum Gasteiger partial charge on any atom is 0.194 e. The van der Waals surface area contributed by atoms with E-state index in [-0.39, 0.29) is 11.9 Å². The molecule has 2 heterocycles. The lowest BCUT2D eigenvalue weighted by molar-refractivity contribution is -0.111. The first-order chi connectivity index (χ1) is 14.2. The first-order valence-electron chi connectivity index (χ1n) is 9.20. The summed E-state index contributed by atoms with van der Waals surface area (Å²) in [6.07, 6.45) is 15.7. The van der Waals surface area contributed by atoms with Crippen molar-refractivity contribution in [2.24, 2.45) is 4.40 Å². The highest BCUT2D eigenvalue weighted by atomic mass is 32.1. The van der Waals surface area contributed by atoms with Crippen LogP contribution in [0.25, 0.3) is 11.6 Å². The van der Waals surface area contributed by atoms with Crippen LogP contribution in [0.15, 0.2) is 88.2 Å². The van der Waals surface area contributed by atoms with Crippen LogP contribution in [0.5, 0.6) is 0 Å². The molecule has 1 aromatic rings. The van der Waals surface area contributed by atoms with Crippen LogP contribution in [0, 0.1) is 0 Å². The second-order valence-corrected chi connectivity index (χ2v) is 6.97. The lowest BCUT2D eigenvalue weighted by atomic mass is 9.90. The lowest BCUT2D eigenvalue weighted by Gasteiger charge is -2.22. The van der Waals surface area contributed by atoms with E-state index < -0.39 is 0 Å². The Morgan fingerprint density at radius 3 is 2.90 bits per heavy atom. The maximum absolute atomic E-state index is 13.1. The first-order valence-corrected chi connectivity index (χ1v) is 9.60. The number of hydrogen-bond donors (Lipinski definition) is 3. The highest BCUT2D eigenvalue weighted by Gasteiger charge is 2.30. The fourth-order valence-electron chi connectivity index (χ4n) is 3.47. The number of carbonyl (C=O) groups is 2. The van der Waals surface area contributed by atoms with Gasteiger partial charge >= 0.3 is 0 Å². The van der Waals surface area contributed by atoms with Crippen LogP contribution in [0.2, 0.25) is 0 Å². The van der Waals surface area contributed by atoms with Crippen molar-refractivity contribution in [1.82, 2.24) is 10.6 Å². The van der Waals surface area contributed by atoms with Crippen molar-refractivity contribution < 1.29 is 9.59 Å². The predicted octanol–water partition coefficient (Wildman–Crippen LogP) is 3.32. The zero-order valence-corrected chi connectivity index (χ0v) is 16.4. The predicted molar refractivity (Wildman–Crippen MR) is 119 cm³/mol. The normalized spacial score (nSPS) is 21.6. The summed E-state index contributed by atoms with van der Waals surface area (Å²) in [5.74, 6) is -0.0533. The molecule has 1 unspecified atom stereocenters. The van der Waals surface area contributed by atoms with Crippen LogP contribution in [0.4, 0.5) is 0 Å². The van der Waals surface area contributed by atoms with E-state index in [1.165, 1.54) is 6.08 Å². The van der Waals surface area contributed by atoms with Crippen LogP contribution >= 0.6 is 12.8 Å². The number of nitrogens with one attached hydrogen (secondary N) is 2. The highest BCUT2D eigenvalue weighted by Crippen LogP contribution is 2.31. The van der Waals surface area contributed by atoms with Crippen molar-refractivity contribution >= 4 is 42.2 Å². The summed E-state index contributed by atoms with van der Waals surface area (Å²) in [6.45, 7) is 0. The Hall–Kier alpha value is -3.38. The number of ketones is 1. The maximum atomic E-state index is 13.1. The summed E-state index contributed by atoms with van der Waals surface area (Å²) in [6, 6.07) is 7.87. The van der Waals surface area contributed by atoms with Crippen molar-refractivity contribution in [2.75, 3.05) is 0 Å². The summed E-state index contributed by atoms with van der Waals surface area (Å²) < 4.78 is 3.90. The molecule has 4 rings (SSSR count). The number of Topliss-reactive ketones (excluding diaryl/α,β-unsaturated/α-hetero) is 1. The lowest BCUT2D eigenvalue weighted by Crippen LogP contribution is -2.36. The largest absolute Gasteiger partial charge is 0.367 e. The van der Waals surface area contributed by atoms with Gasteiger partial charge in [-0.1, -0.05) is 36.4 Å². The van der Waals surface area contributed by atoms with Gasteiger partial charge in [0, 0.05) is 35.5 Å². The van der Waals surface area contributed by atoms with Crippen LogP contribution < -0.4 is 10.6 Å². The van der Waals surface area contributed by atoms with E-state index >= 15 is 0 Å². The molecule has 144 valence electrons. The third-order valence-corrected chi connectivity index (χ3v) is 5.16. The molecule has 0 bridgehead atoms. The van der Waals surface area contributed by atoms with Crippen molar-refractivity contribution in [3.63, 3.8) is 0 Å². The van der Waals surface area contributed by atoms with E-state index in [4.69, 9.17) is 0 Å². The Kier molecular flexibility index (Phi) is 5.44. The van der Waals surface area contributed by atoms with Crippen molar-refractivity contribution in [3.05, 3.63) is 94.9 Å². The number of carbonyl (C=O) groups excluding carboxylic acids is 2. The van der Waals surface area contributed by atoms with Crippen LogP contribution in [0.3, 0.4) is 0 Å². The molecule has 0 saturated carbocycles. The summed E-state index contributed by atoms with van der Waals surface area (Å²) in [7, 11) is 0. The van der Waals surface area contributed by atoms with E-state index in [1.807, 2.05) is 48.7 Å². The van der Waals surface area contributed by atoms with E-state index in [9.17, 15) is 9.59 Å². The number of hydrogen-bond acceptors (Lipinski definition) is 6. The van der Waals surface area contributed by atoms with Gasteiger partial charge in [0.2, 0.25) is 0 Å². The van der Waals surface area contributed by atoms with Crippen LogP contribution in [-0.4, -0.2) is 23.9 Å². The minimum absolute atomic E-state index is 0.0533. The molecule has 0 fully saturated rings. The molecule has 0 spiro atoms. The topological polar surface area (TPSA) is 70.6 Å². The zero-order chi connectivity index (χ0) is 20.2. The summed E-state index contributed by atoms with van der Waals surface area (Å²) in [4.78, 5) is 23.7. The average Bonchev–Trinajstić information content (AvgIpc) is 3.20. The second-order valence-electron chi connectivity index (χ2n) is 6.77. The SMILES string of the molecule is O=C/C=C/c1cccc(C2=CNC3NC=C(C(=O)C4=C/C(=N/S)CC=C4)C3=C2)c1. The van der Waals surface area contributed by atoms with Gasteiger partial charge in [0.25, 0.3) is 0 Å². The Morgan fingerprint density at radius 1 is 1.21 bits per heavy atom. The molecular formula is C23H19N3O2S. The van der Waals surface area contributed by atoms with Gasteiger partial charge in [-0.2, -0.15) is 0 Å². The number of dihydropyridines is 1. The number of rotatable bonds is 5. The molecule has 1 atom stereocenters. The van der Waals surface area contributed by atoms with Gasteiger partial charge in [0.05, 0.1) is 5.71 Å². The molecule has 2 N–H and O–H groups in total. The molecule has 0 amide bonds. The highest BCUT2D eigenvalue weighted by molar-refractivity contribution is 7.79. The van der Waals surface area contributed by atoms with E-state index in [0.717, 1.165) is 34.3 Å². The number of thiol groups is 1. The number of nitrogens with zero attached hydrogens (tertiary/aromatic N) is 1. The van der Waals surface area contributed by atoms with Crippen molar-refractivity contribution in [1.29, 1.82) is 0 Å². The molecule has 0 aromatic heterocycles. The minimum Gasteiger partial charge on any atom is -0.367 e. The number of aldehydes is 1. The van der Waals surface area contributed by atoms with Gasteiger partial charge in [-0.05, 0) is 53.8 Å². The fraction of sp³-hybridized carbons (Fsp3) is 0.0870. The molecule has 0 radical (unpaired) electrons. The standard InChI is InChI=1S/C23H19N3O2S/c27-9-3-5-15-4-1-6-16(10-15)18-12-20-21(14-25-23(20)24-13-18)22(28)17-7-2-8-19(11-17)26-29/h1-7,9-14,23-25,29H,8H2/b5-3+,26-19+. The molecule has 0 saturated heterocycles. The van der Waals surface area contributed by atoms with Crippen LogP contribution in [0.1, 0.15) is 17.5 Å². The molecule has 1 aliphatic carbocycles. The summed E-state index contributed by atoms with van der Waals surface area (Å²) in [5, 5.41) is 6.52. The number of allylic oxidation sites excluding steroid dienone is 7. The Labute approximate surface area is 174 Å². The summed E-state index contributed by atoms with van der Waals surface area (Å²) >= 11 is 3.96. The quantitative estimate of drug-likeness (QED) is 0.402. The number of benzene rings is 1.